The van der Waals surface area contributed by atoms with Crippen molar-refractivity contribution in [3.05, 3.63) is 28.9 Å². The fraction of sp³-hybridized carbons (Fsp3) is 0.591. The topological polar surface area (TPSA) is 69.4 Å². The zero-order chi connectivity index (χ0) is 19.8. The van der Waals surface area contributed by atoms with Gasteiger partial charge in [0, 0.05) is 41.3 Å². The molecule has 0 amide bonds. The Morgan fingerprint density at radius 3 is 2.90 bits per heavy atom. The lowest BCUT2D eigenvalue weighted by molar-refractivity contribution is 0.322. The maximum Gasteiger partial charge on any atom is 0.114 e. The molecule has 5 nitrogen and oxygen atoms in total. The second kappa shape index (κ2) is 8.50. The summed E-state index contributed by atoms with van der Waals surface area (Å²) in [6.45, 7) is 3.28. The molecule has 2 fully saturated rings. The molecule has 1 aromatic carbocycles. The molecule has 0 bridgehead atoms. The summed E-state index contributed by atoms with van der Waals surface area (Å²) in [6, 6.07) is 7.62. The molecule has 5 rings (SSSR count). The number of nitrogens with two attached hydrogens (primary N) is 1. The molecule has 7 heteroatoms. The molecule has 2 aromatic rings. The third kappa shape index (κ3) is 4.46. The summed E-state index contributed by atoms with van der Waals surface area (Å²) in [4.78, 5) is 11.1. The van der Waals surface area contributed by atoms with Crippen LogP contribution in [0.3, 0.4) is 0 Å². The van der Waals surface area contributed by atoms with Crippen LogP contribution in [0.25, 0.3) is 10.9 Å². The zero-order valence-corrected chi connectivity index (χ0v) is 18.4. The second-order valence-corrected chi connectivity index (χ2v) is 10.2. The van der Waals surface area contributed by atoms with Crippen LogP contribution < -0.4 is 11.1 Å². The number of anilines is 1. The number of halogens is 1. The molecule has 29 heavy (non-hydrogen) atoms. The Balaban J connectivity index is 1.31. The Bertz CT molecular complexity index is 904. The number of thioether (sulfide) groups is 1. The first-order chi connectivity index (χ1) is 14.1. The summed E-state index contributed by atoms with van der Waals surface area (Å²) in [7, 11) is 0. The van der Waals surface area contributed by atoms with Crippen molar-refractivity contribution < 1.29 is 0 Å². The van der Waals surface area contributed by atoms with Gasteiger partial charge in [0.2, 0.25) is 0 Å². The van der Waals surface area contributed by atoms with Crippen molar-refractivity contribution in [3.8, 4) is 0 Å². The van der Waals surface area contributed by atoms with Crippen LogP contribution in [0.4, 0.5) is 5.69 Å². The number of aromatic amines is 1. The average molecular weight is 432 g/mol. The highest BCUT2D eigenvalue weighted by Crippen LogP contribution is 2.33. The fourth-order valence-electron chi connectivity index (χ4n) is 4.83. The Morgan fingerprint density at radius 1 is 1.24 bits per heavy atom. The summed E-state index contributed by atoms with van der Waals surface area (Å²) in [5.74, 6) is 1.07. The molecule has 156 valence electrons. The number of likely N-dealkylation sites (tertiary alicyclic amines) is 1. The minimum atomic E-state index is 0.359. The number of hydrogen-bond acceptors (Lipinski definition) is 5. The monoisotopic (exact) mass is 431 g/mol. The van der Waals surface area contributed by atoms with Gasteiger partial charge in [0.1, 0.15) is 5.04 Å². The van der Waals surface area contributed by atoms with Gasteiger partial charge >= 0.3 is 0 Å². The van der Waals surface area contributed by atoms with Crippen LogP contribution in [0, 0.1) is 0 Å². The van der Waals surface area contributed by atoms with E-state index < -0.39 is 0 Å². The maximum atomic E-state index is 6.41. The van der Waals surface area contributed by atoms with Crippen LogP contribution in [0.1, 0.15) is 44.2 Å². The number of nitrogens with zero attached hydrogens (tertiary/aromatic N) is 2. The third-order valence-electron chi connectivity index (χ3n) is 6.44. The first-order valence-electron chi connectivity index (χ1n) is 10.9. The second-order valence-electron chi connectivity index (χ2n) is 8.76. The first-order valence-corrected chi connectivity index (χ1v) is 12.3. The van der Waals surface area contributed by atoms with E-state index in [9.17, 15) is 0 Å². The number of aromatic nitrogens is 1. The van der Waals surface area contributed by atoms with Crippen LogP contribution in [-0.4, -0.2) is 58.4 Å². The van der Waals surface area contributed by atoms with Gasteiger partial charge in [-0.1, -0.05) is 24.4 Å². The average Bonchev–Trinajstić information content (AvgIpc) is 3.47. The number of rotatable bonds is 6. The van der Waals surface area contributed by atoms with Crippen molar-refractivity contribution in [2.45, 2.75) is 56.7 Å². The standard InChI is InChI=1S/C22H30ClN5S/c23-15-9-14-10-20(27-21(14)19(11-15)25-17-3-1-2-4-17)22-26-18(13-29-22)6-8-28-7-5-16(24)12-28/h9-11,16-18,25,27H,1-8,12-13,24H2/t16-,18+/m1/s1. The SMILES string of the molecule is N[C@@H]1CCN(CC[C@H]2CSC(c3cc4cc(Cl)cc(NC5CCCC5)c4[nH]3)=N2)C1. The van der Waals surface area contributed by atoms with E-state index in [-0.39, 0.29) is 0 Å². The first kappa shape index (κ1) is 19.7. The lowest BCUT2D eigenvalue weighted by Gasteiger charge is -2.16. The molecule has 1 aliphatic carbocycles. The smallest absolute Gasteiger partial charge is 0.114 e. The quantitative estimate of drug-likeness (QED) is 0.631. The van der Waals surface area contributed by atoms with Crippen LogP contribution >= 0.6 is 23.4 Å². The van der Waals surface area contributed by atoms with Crippen LogP contribution in [-0.2, 0) is 0 Å². The lowest BCUT2D eigenvalue weighted by atomic mass is 10.2. The van der Waals surface area contributed by atoms with Crippen molar-refractivity contribution in [1.82, 2.24) is 9.88 Å². The van der Waals surface area contributed by atoms with E-state index in [1.807, 2.05) is 17.8 Å². The number of aliphatic imine (C=N–C) groups is 1. The van der Waals surface area contributed by atoms with E-state index >= 15 is 0 Å². The molecule has 1 aromatic heterocycles. The number of fused-ring (bicyclic) bond motifs is 1. The van der Waals surface area contributed by atoms with Gasteiger partial charge in [-0.2, -0.15) is 0 Å². The van der Waals surface area contributed by atoms with E-state index in [2.05, 4.69) is 27.3 Å². The summed E-state index contributed by atoms with van der Waals surface area (Å²) in [6.07, 6.45) is 7.36. The van der Waals surface area contributed by atoms with Crippen molar-refractivity contribution in [1.29, 1.82) is 0 Å². The van der Waals surface area contributed by atoms with Gasteiger partial charge in [-0.05, 0) is 50.4 Å². The zero-order valence-electron chi connectivity index (χ0n) is 16.8. The maximum absolute atomic E-state index is 6.41. The largest absolute Gasteiger partial charge is 0.381 e. The molecule has 3 heterocycles. The summed E-state index contributed by atoms with van der Waals surface area (Å²) < 4.78 is 0. The molecule has 0 unspecified atom stereocenters. The summed E-state index contributed by atoms with van der Waals surface area (Å²) in [5, 5.41) is 6.79. The molecule has 0 spiro atoms. The van der Waals surface area contributed by atoms with Crippen LogP contribution in [0.2, 0.25) is 5.02 Å². The van der Waals surface area contributed by atoms with E-state index in [0.717, 1.165) is 70.6 Å². The fourth-order valence-corrected chi connectivity index (χ4v) is 6.14. The van der Waals surface area contributed by atoms with Gasteiger partial charge in [-0.25, -0.2) is 0 Å². The van der Waals surface area contributed by atoms with Gasteiger partial charge in [0.15, 0.2) is 0 Å². The van der Waals surface area contributed by atoms with Crippen LogP contribution in [0.15, 0.2) is 23.2 Å². The van der Waals surface area contributed by atoms with E-state index in [1.54, 1.807) is 0 Å². The van der Waals surface area contributed by atoms with E-state index in [0.29, 0.717) is 18.1 Å². The minimum absolute atomic E-state index is 0.359. The molecule has 2 atom stereocenters. The third-order valence-corrected chi connectivity index (χ3v) is 7.81. The van der Waals surface area contributed by atoms with Crippen molar-refractivity contribution >= 4 is 45.0 Å². The lowest BCUT2D eigenvalue weighted by Crippen LogP contribution is -2.28. The highest BCUT2D eigenvalue weighted by atomic mass is 35.5. The highest BCUT2D eigenvalue weighted by molar-refractivity contribution is 8.14. The Morgan fingerprint density at radius 2 is 2.10 bits per heavy atom. The molecular formula is C22H30ClN5S. The van der Waals surface area contributed by atoms with Gasteiger partial charge in [-0.15, -0.1) is 11.8 Å². The molecule has 3 aliphatic rings. The summed E-state index contributed by atoms with van der Waals surface area (Å²) >= 11 is 8.28. The van der Waals surface area contributed by atoms with E-state index in [4.69, 9.17) is 22.3 Å². The Hall–Kier alpha value is -1.21. The molecule has 1 saturated heterocycles. The predicted molar refractivity (Wildman–Crippen MR) is 126 cm³/mol. The Kier molecular flexibility index (Phi) is 5.78. The molecule has 4 N–H and O–H groups in total. The molecule has 0 radical (unpaired) electrons. The van der Waals surface area contributed by atoms with Gasteiger partial charge < -0.3 is 20.9 Å². The van der Waals surface area contributed by atoms with Gasteiger partial charge in [0.05, 0.1) is 22.9 Å². The van der Waals surface area contributed by atoms with Crippen molar-refractivity contribution in [3.63, 3.8) is 0 Å². The Labute approximate surface area is 181 Å². The molecule has 1 saturated carbocycles. The molecule has 2 aliphatic heterocycles. The number of nitrogens with one attached hydrogen (secondary N) is 2. The van der Waals surface area contributed by atoms with Gasteiger partial charge in [0.25, 0.3) is 0 Å². The molecular weight excluding hydrogens is 402 g/mol. The number of benzene rings is 1. The number of H-pyrrole nitrogens is 1. The number of hydrogen-bond donors (Lipinski definition) is 3. The normalized spacial score (nSPS) is 25.9. The van der Waals surface area contributed by atoms with E-state index in [1.165, 1.54) is 25.7 Å². The summed E-state index contributed by atoms with van der Waals surface area (Å²) in [5.41, 5.74) is 9.41. The minimum Gasteiger partial charge on any atom is -0.381 e. The van der Waals surface area contributed by atoms with Crippen LogP contribution in [0.5, 0.6) is 0 Å². The van der Waals surface area contributed by atoms with Gasteiger partial charge in [-0.3, -0.25) is 4.99 Å². The van der Waals surface area contributed by atoms with Crippen molar-refractivity contribution in [2.24, 2.45) is 10.7 Å². The predicted octanol–water partition coefficient (Wildman–Crippen LogP) is 4.46. The highest BCUT2D eigenvalue weighted by Gasteiger charge is 2.24. The van der Waals surface area contributed by atoms with Crippen molar-refractivity contribution in [2.75, 3.05) is 30.7 Å².